The number of carboxylic acid groups (broad SMARTS) is 2. The standard InChI is InChI=1S/C27H33FN6O3.C9H14BrN3O2.C2H2O4/c1-3-32-18(2)31-26(35)34(27(32)36)13-5-12-33-19-8-9-20(33)15-21(14-19)37-17-23-22(6-4-7-24(23)28)25-16-29-10-11-30-25;1-3-12-7(2)11-8(14)13(9(12)15)6-4-5-10;3-1(4)2(5)6/h4,6-7,10-11,16,19-21H,3,5,8-9,12-15,17H2,1-2H3;3-6H2,1-2H3;(H,3,4)(H,5,6). The van der Waals surface area contributed by atoms with Crippen LogP contribution in [-0.2, 0) is 47.1 Å². The highest BCUT2D eigenvalue weighted by atomic mass is 79.9. The molecule has 2 bridgehead atoms. The van der Waals surface area contributed by atoms with E-state index in [0.717, 1.165) is 44.0 Å². The molecule has 6 rings (SSSR count). The van der Waals surface area contributed by atoms with Crippen molar-refractivity contribution in [1.29, 1.82) is 0 Å². The molecule has 2 unspecified atom stereocenters. The minimum absolute atomic E-state index is 0.0590. The number of halogens is 2. The van der Waals surface area contributed by atoms with E-state index in [1.165, 1.54) is 24.3 Å². The molecule has 0 saturated carbocycles. The van der Waals surface area contributed by atoms with Crippen molar-refractivity contribution >= 4 is 27.9 Å². The number of benzene rings is 1. The summed E-state index contributed by atoms with van der Waals surface area (Å²) in [5.41, 5.74) is 0.354. The van der Waals surface area contributed by atoms with E-state index in [0.29, 0.717) is 73.2 Å². The molecule has 5 heterocycles. The van der Waals surface area contributed by atoms with Crippen LogP contribution in [0.25, 0.3) is 11.3 Å². The van der Waals surface area contributed by atoms with E-state index in [-0.39, 0.29) is 29.9 Å². The minimum Gasteiger partial charge on any atom is -0.473 e. The topological polar surface area (TPSA) is 227 Å². The number of nitrogens with zero attached hydrogens (tertiary/aromatic N) is 9. The Hall–Kier alpha value is -5.21. The van der Waals surface area contributed by atoms with Gasteiger partial charge in [0.2, 0.25) is 0 Å². The Labute approximate surface area is 341 Å². The molecule has 3 aromatic heterocycles. The molecule has 18 nitrogen and oxygen atoms in total. The van der Waals surface area contributed by atoms with Gasteiger partial charge in [-0.2, -0.15) is 9.97 Å². The number of aryl methyl sites for hydroxylation is 2. The smallest absolute Gasteiger partial charge is 0.414 e. The summed E-state index contributed by atoms with van der Waals surface area (Å²) in [6, 6.07) is 5.77. The van der Waals surface area contributed by atoms with Gasteiger partial charge >= 0.3 is 34.7 Å². The summed E-state index contributed by atoms with van der Waals surface area (Å²) in [6.45, 7) is 9.88. The van der Waals surface area contributed by atoms with E-state index in [1.807, 2.05) is 19.9 Å². The third-order valence-electron chi connectivity index (χ3n) is 10.1. The minimum atomic E-state index is -1.82. The number of rotatable bonds is 13. The number of carboxylic acids is 2. The van der Waals surface area contributed by atoms with Gasteiger partial charge in [0.1, 0.15) is 17.5 Å². The fourth-order valence-corrected chi connectivity index (χ4v) is 7.55. The first-order valence-electron chi connectivity index (χ1n) is 19.0. The number of ether oxygens (including phenoxy) is 1. The lowest BCUT2D eigenvalue weighted by Gasteiger charge is -2.39. The molecule has 314 valence electrons. The average molecular weight is 875 g/mol. The van der Waals surface area contributed by atoms with Crippen LogP contribution in [0.15, 0.2) is 56.0 Å². The zero-order chi connectivity index (χ0) is 42.5. The van der Waals surface area contributed by atoms with Gasteiger partial charge < -0.3 is 14.9 Å². The number of alkyl halides is 1. The van der Waals surface area contributed by atoms with Crippen LogP contribution in [-0.4, -0.2) is 95.3 Å². The molecule has 0 amide bonds. The normalized spacial score (nSPS) is 17.2. The number of aliphatic carboxylic acids is 2. The zero-order valence-corrected chi connectivity index (χ0v) is 34.5. The third kappa shape index (κ3) is 11.5. The molecule has 1 aromatic carbocycles. The summed E-state index contributed by atoms with van der Waals surface area (Å²) in [6.07, 6.45) is 10.3. The van der Waals surface area contributed by atoms with Crippen molar-refractivity contribution in [1.82, 2.24) is 43.1 Å². The zero-order valence-electron chi connectivity index (χ0n) is 32.9. The summed E-state index contributed by atoms with van der Waals surface area (Å²) >= 11 is 3.26. The van der Waals surface area contributed by atoms with Crippen LogP contribution in [0.5, 0.6) is 0 Å². The molecule has 2 atom stereocenters. The first-order valence-corrected chi connectivity index (χ1v) is 20.1. The van der Waals surface area contributed by atoms with Gasteiger partial charge in [0.05, 0.1) is 24.6 Å². The Morgan fingerprint density at radius 3 is 1.86 bits per heavy atom. The maximum Gasteiger partial charge on any atom is 0.414 e. The van der Waals surface area contributed by atoms with Gasteiger partial charge in [-0.3, -0.25) is 24.0 Å². The molecule has 2 N–H and O–H groups in total. The first-order chi connectivity index (χ1) is 27.7. The number of aromatic nitrogens is 8. The SMILES string of the molecule is CCn1c(C)nc(=O)n(CCCBr)c1=O.CCn1c(C)nc(=O)n(CCCN2C3CCC2CC(OCc2c(F)cccc2-c2cnccn2)C3)c1=O.O=C(O)C(=O)O. The Morgan fingerprint density at radius 1 is 0.828 bits per heavy atom. The highest BCUT2D eigenvalue weighted by molar-refractivity contribution is 9.09. The van der Waals surface area contributed by atoms with Crippen molar-refractivity contribution in [2.24, 2.45) is 0 Å². The van der Waals surface area contributed by atoms with Gasteiger partial charge in [0, 0.05) is 73.7 Å². The Kier molecular flexibility index (Phi) is 16.9. The molecular formula is C38H49BrFN9O9. The third-order valence-corrected chi connectivity index (χ3v) is 10.6. The highest BCUT2D eigenvalue weighted by Gasteiger charge is 2.40. The van der Waals surface area contributed by atoms with Gasteiger partial charge in [-0.25, -0.2) is 42.3 Å². The maximum absolute atomic E-state index is 14.7. The van der Waals surface area contributed by atoms with Crippen LogP contribution in [0.3, 0.4) is 0 Å². The van der Waals surface area contributed by atoms with Crippen LogP contribution in [0.4, 0.5) is 4.39 Å². The number of piperidine rings is 1. The summed E-state index contributed by atoms with van der Waals surface area (Å²) in [7, 11) is 0. The van der Waals surface area contributed by atoms with Crippen molar-refractivity contribution in [3.63, 3.8) is 0 Å². The fourth-order valence-electron chi connectivity index (χ4n) is 7.30. The molecule has 2 aliphatic heterocycles. The van der Waals surface area contributed by atoms with Crippen LogP contribution in [0.1, 0.15) is 69.6 Å². The summed E-state index contributed by atoms with van der Waals surface area (Å²) in [5, 5.41) is 15.5. The molecule has 4 aromatic rings. The first kappa shape index (κ1) is 45.5. The second-order valence-electron chi connectivity index (χ2n) is 13.6. The molecule has 20 heteroatoms. The Bertz CT molecular complexity index is 2250. The monoisotopic (exact) mass is 873 g/mol. The predicted octanol–water partition coefficient (Wildman–Crippen LogP) is 2.61. The molecule has 2 saturated heterocycles. The lowest BCUT2D eigenvalue weighted by Crippen LogP contribution is -2.47. The van der Waals surface area contributed by atoms with E-state index in [2.05, 4.69) is 40.8 Å². The molecule has 0 aliphatic carbocycles. The van der Waals surface area contributed by atoms with Crippen molar-refractivity contribution in [2.45, 2.75) is 117 Å². The number of hydrogen-bond acceptors (Lipinski definition) is 12. The average Bonchev–Trinajstić information content (AvgIpc) is 3.42. The maximum atomic E-state index is 14.7. The fraction of sp³-hybridized carbons (Fsp3) is 0.526. The van der Waals surface area contributed by atoms with Crippen LogP contribution < -0.4 is 22.8 Å². The lowest BCUT2D eigenvalue weighted by atomic mass is 9.99. The number of hydrogen-bond donors (Lipinski definition) is 2. The highest BCUT2D eigenvalue weighted by Crippen LogP contribution is 2.37. The largest absolute Gasteiger partial charge is 0.473 e. The molecular weight excluding hydrogens is 825 g/mol. The summed E-state index contributed by atoms with van der Waals surface area (Å²) in [4.78, 5) is 85.2. The van der Waals surface area contributed by atoms with Gasteiger partial charge in [-0.05, 0) is 72.3 Å². The second kappa shape index (κ2) is 21.5. The van der Waals surface area contributed by atoms with Crippen LogP contribution in [0.2, 0.25) is 0 Å². The number of fused-ring (bicyclic) bond motifs is 2. The summed E-state index contributed by atoms with van der Waals surface area (Å²) < 4.78 is 26.5. The van der Waals surface area contributed by atoms with Crippen molar-refractivity contribution < 1.29 is 28.9 Å². The Balaban J connectivity index is 0.000000292. The van der Waals surface area contributed by atoms with Gasteiger partial charge in [-0.15, -0.1) is 0 Å². The van der Waals surface area contributed by atoms with Crippen LogP contribution >= 0.6 is 15.9 Å². The van der Waals surface area contributed by atoms with Gasteiger partial charge in [-0.1, -0.05) is 28.1 Å². The molecule has 58 heavy (non-hydrogen) atoms. The van der Waals surface area contributed by atoms with Gasteiger partial charge in [0.15, 0.2) is 0 Å². The van der Waals surface area contributed by atoms with Crippen molar-refractivity contribution in [3.8, 4) is 11.3 Å². The van der Waals surface area contributed by atoms with Crippen molar-refractivity contribution in [3.05, 3.63) is 102 Å². The quantitative estimate of drug-likeness (QED) is 0.146. The molecule has 0 radical (unpaired) electrons. The summed E-state index contributed by atoms with van der Waals surface area (Å²) in [5.74, 6) is -3.02. The van der Waals surface area contributed by atoms with E-state index >= 15 is 0 Å². The van der Waals surface area contributed by atoms with E-state index < -0.39 is 23.3 Å². The van der Waals surface area contributed by atoms with Crippen molar-refractivity contribution in [2.75, 3.05) is 11.9 Å². The molecule has 2 fully saturated rings. The van der Waals surface area contributed by atoms with E-state index in [1.54, 1.807) is 38.5 Å². The van der Waals surface area contributed by atoms with E-state index in [4.69, 9.17) is 24.5 Å². The van der Waals surface area contributed by atoms with E-state index in [9.17, 15) is 23.6 Å². The van der Waals surface area contributed by atoms with Gasteiger partial charge in [0.25, 0.3) is 0 Å². The predicted molar refractivity (Wildman–Crippen MR) is 213 cm³/mol. The molecule has 0 spiro atoms. The van der Waals surface area contributed by atoms with Crippen LogP contribution in [0, 0.1) is 19.7 Å². The second-order valence-corrected chi connectivity index (χ2v) is 14.4. The Morgan fingerprint density at radius 2 is 1.38 bits per heavy atom. The lowest BCUT2D eigenvalue weighted by molar-refractivity contribution is -0.159. The number of carbonyl (C=O) groups is 2. The molecule has 2 aliphatic rings.